The van der Waals surface area contributed by atoms with Crippen LogP contribution in [0.3, 0.4) is 0 Å². The Bertz CT molecular complexity index is 454. The Morgan fingerprint density at radius 3 is 2.58 bits per heavy atom. The molecule has 0 amide bonds. The summed E-state index contributed by atoms with van der Waals surface area (Å²) in [6, 6.07) is 1.90. The molecule has 1 saturated heterocycles. The average Bonchev–Trinajstić information content (AvgIpc) is 2.40. The lowest BCUT2D eigenvalue weighted by atomic mass is 9.95. The third kappa shape index (κ3) is 3.22. The number of hydrogen-bond acceptors (Lipinski definition) is 3. The summed E-state index contributed by atoms with van der Waals surface area (Å²) in [6.07, 6.45) is 0. The van der Waals surface area contributed by atoms with E-state index >= 15 is 0 Å². The first-order valence-electron chi connectivity index (χ1n) is 6.94. The van der Waals surface area contributed by atoms with Gasteiger partial charge in [-0.05, 0) is 30.0 Å². The smallest absolute Gasteiger partial charge is 0.123 e. The van der Waals surface area contributed by atoms with Crippen molar-refractivity contribution in [2.45, 2.75) is 33.2 Å². The Hall–Kier alpha value is -0.770. The first-order valence-corrected chi connectivity index (χ1v) is 7.32. The molecule has 0 unspecified atom stereocenters. The molecule has 0 bridgehead atoms. The number of hydrogen-bond donors (Lipinski definition) is 2. The third-order valence-corrected chi connectivity index (χ3v) is 4.26. The topological polar surface area (TPSA) is 35.5 Å². The number of rotatable bonds is 3. The summed E-state index contributed by atoms with van der Waals surface area (Å²) in [5, 5.41) is 14.6. The van der Waals surface area contributed by atoms with Crippen LogP contribution in [0.1, 0.15) is 36.5 Å². The molecular formula is C15H23ClN2O. The number of phenols is 1. The van der Waals surface area contributed by atoms with Crippen LogP contribution < -0.4 is 5.32 Å². The van der Waals surface area contributed by atoms with Gasteiger partial charge in [-0.15, -0.1) is 0 Å². The Morgan fingerprint density at radius 1 is 1.37 bits per heavy atom. The van der Waals surface area contributed by atoms with Gasteiger partial charge in [0.2, 0.25) is 0 Å². The lowest BCUT2D eigenvalue weighted by Crippen LogP contribution is -2.43. The quantitative estimate of drug-likeness (QED) is 0.895. The van der Waals surface area contributed by atoms with Gasteiger partial charge >= 0.3 is 0 Å². The second kappa shape index (κ2) is 6.12. The van der Waals surface area contributed by atoms with Crippen molar-refractivity contribution in [1.29, 1.82) is 0 Å². The standard InChI is InChI=1S/C15H23ClN2O/c1-10(2)12-8-14(16)11(3)13(15(12)19)9-18-6-4-17-5-7-18/h8,10,17,19H,4-7,9H2,1-3H3. The van der Waals surface area contributed by atoms with E-state index in [4.69, 9.17) is 11.6 Å². The predicted octanol–water partition coefficient (Wildman–Crippen LogP) is 2.88. The highest BCUT2D eigenvalue weighted by Crippen LogP contribution is 2.36. The van der Waals surface area contributed by atoms with E-state index in [9.17, 15) is 5.11 Å². The number of piperazine rings is 1. The summed E-state index contributed by atoms with van der Waals surface area (Å²) >= 11 is 6.31. The molecule has 4 heteroatoms. The second-order valence-electron chi connectivity index (χ2n) is 5.58. The molecule has 0 saturated carbocycles. The van der Waals surface area contributed by atoms with Crippen molar-refractivity contribution in [2.24, 2.45) is 0 Å². The summed E-state index contributed by atoms with van der Waals surface area (Å²) in [7, 11) is 0. The Morgan fingerprint density at radius 2 is 2.00 bits per heavy atom. The van der Waals surface area contributed by atoms with E-state index in [1.165, 1.54) is 0 Å². The molecule has 1 aromatic rings. The molecule has 106 valence electrons. The summed E-state index contributed by atoms with van der Waals surface area (Å²) < 4.78 is 0. The summed E-state index contributed by atoms with van der Waals surface area (Å²) in [5.41, 5.74) is 2.93. The molecule has 1 fully saturated rings. The van der Waals surface area contributed by atoms with Crippen molar-refractivity contribution in [3.8, 4) is 5.75 Å². The minimum atomic E-state index is 0.278. The zero-order valence-corrected chi connectivity index (χ0v) is 12.7. The van der Waals surface area contributed by atoms with E-state index in [1.54, 1.807) is 0 Å². The maximum absolute atomic E-state index is 10.5. The van der Waals surface area contributed by atoms with Crippen LogP contribution >= 0.6 is 11.6 Å². The van der Waals surface area contributed by atoms with Crippen LogP contribution in [0.5, 0.6) is 5.75 Å². The Kier molecular flexibility index (Phi) is 4.71. The van der Waals surface area contributed by atoms with Gasteiger partial charge in [0.1, 0.15) is 5.75 Å². The first-order chi connectivity index (χ1) is 9.00. The van der Waals surface area contributed by atoms with Crippen LogP contribution in [-0.2, 0) is 6.54 Å². The minimum Gasteiger partial charge on any atom is -0.507 e. The molecule has 0 aliphatic carbocycles. The molecule has 0 radical (unpaired) electrons. The summed E-state index contributed by atoms with van der Waals surface area (Å²) in [6.45, 7) is 11.0. The molecule has 3 nitrogen and oxygen atoms in total. The van der Waals surface area contributed by atoms with Crippen LogP contribution in [0.2, 0.25) is 5.02 Å². The van der Waals surface area contributed by atoms with Gasteiger partial charge in [-0.25, -0.2) is 0 Å². The molecule has 1 heterocycles. The van der Waals surface area contributed by atoms with E-state index in [1.807, 2.05) is 13.0 Å². The maximum Gasteiger partial charge on any atom is 0.123 e. The molecule has 0 aromatic heterocycles. The molecule has 2 N–H and O–H groups in total. The highest BCUT2D eigenvalue weighted by Gasteiger charge is 2.19. The van der Waals surface area contributed by atoms with Crippen LogP contribution in [0.25, 0.3) is 0 Å². The Labute approximate surface area is 120 Å². The van der Waals surface area contributed by atoms with E-state index in [0.717, 1.165) is 54.4 Å². The van der Waals surface area contributed by atoms with Gasteiger partial charge in [0.25, 0.3) is 0 Å². The molecule has 19 heavy (non-hydrogen) atoms. The monoisotopic (exact) mass is 282 g/mol. The summed E-state index contributed by atoms with van der Waals surface area (Å²) in [5.74, 6) is 0.704. The molecule has 1 aromatic carbocycles. The Balaban J connectivity index is 2.32. The van der Waals surface area contributed by atoms with Crippen molar-refractivity contribution < 1.29 is 5.11 Å². The van der Waals surface area contributed by atoms with Gasteiger partial charge in [-0.2, -0.15) is 0 Å². The SMILES string of the molecule is Cc1c(Cl)cc(C(C)C)c(O)c1CN1CCNCC1. The molecule has 0 atom stereocenters. The van der Waals surface area contributed by atoms with E-state index in [-0.39, 0.29) is 5.92 Å². The number of benzene rings is 1. The van der Waals surface area contributed by atoms with Gasteiger partial charge in [-0.1, -0.05) is 25.4 Å². The van der Waals surface area contributed by atoms with Crippen molar-refractivity contribution in [3.05, 3.63) is 27.8 Å². The summed E-state index contributed by atoms with van der Waals surface area (Å²) in [4.78, 5) is 2.36. The zero-order chi connectivity index (χ0) is 14.0. The highest BCUT2D eigenvalue weighted by atomic mass is 35.5. The average molecular weight is 283 g/mol. The number of phenolic OH excluding ortho intramolecular Hbond substituents is 1. The van der Waals surface area contributed by atoms with Crippen molar-refractivity contribution in [3.63, 3.8) is 0 Å². The normalized spacial score (nSPS) is 17.1. The number of halogens is 1. The molecular weight excluding hydrogens is 260 g/mol. The fourth-order valence-corrected chi connectivity index (χ4v) is 2.77. The van der Waals surface area contributed by atoms with Crippen LogP contribution in [0, 0.1) is 6.92 Å². The zero-order valence-electron chi connectivity index (χ0n) is 12.0. The molecule has 1 aliphatic heterocycles. The first kappa shape index (κ1) is 14.6. The van der Waals surface area contributed by atoms with E-state index in [0.29, 0.717) is 5.75 Å². The van der Waals surface area contributed by atoms with Crippen LogP contribution in [-0.4, -0.2) is 36.2 Å². The van der Waals surface area contributed by atoms with Gasteiger partial charge in [0.05, 0.1) is 0 Å². The number of aromatic hydroxyl groups is 1. The largest absolute Gasteiger partial charge is 0.507 e. The van der Waals surface area contributed by atoms with Crippen LogP contribution in [0.15, 0.2) is 6.07 Å². The van der Waals surface area contributed by atoms with Gasteiger partial charge in [-0.3, -0.25) is 4.90 Å². The van der Waals surface area contributed by atoms with E-state index < -0.39 is 0 Å². The van der Waals surface area contributed by atoms with Crippen molar-refractivity contribution >= 4 is 11.6 Å². The lowest BCUT2D eigenvalue weighted by molar-refractivity contribution is 0.230. The lowest BCUT2D eigenvalue weighted by Gasteiger charge is -2.29. The van der Waals surface area contributed by atoms with E-state index in [2.05, 4.69) is 24.1 Å². The maximum atomic E-state index is 10.5. The van der Waals surface area contributed by atoms with Gasteiger partial charge in [0, 0.05) is 43.3 Å². The minimum absolute atomic E-state index is 0.278. The molecule has 2 rings (SSSR count). The van der Waals surface area contributed by atoms with Gasteiger partial charge < -0.3 is 10.4 Å². The molecule has 1 aliphatic rings. The predicted molar refractivity (Wildman–Crippen MR) is 80.1 cm³/mol. The van der Waals surface area contributed by atoms with Crippen LogP contribution in [0.4, 0.5) is 0 Å². The second-order valence-corrected chi connectivity index (χ2v) is 5.99. The molecule has 0 spiro atoms. The number of nitrogens with one attached hydrogen (secondary N) is 1. The highest BCUT2D eigenvalue weighted by molar-refractivity contribution is 6.31. The fourth-order valence-electron chi connectivity index (χ4n) is 2.54. The van der Waals surface area contributed by atoms with Gasteiger partial charge in [0.15, 0.2) is 0 Å². The van der Waals surface area contributed by atoms with Crippen molar-refractivity contribution in [1.82, 2.24) is 10.2 Å². The number of nitrogens with zero attached hydrogens (tertiary/aromatic N) is 1. The fraction of sp³-hybridized carbons (Fsp3) is 0.600. The van der Waals surface area contributed by atoms with Crippen molar-refractivity contribution in [2.75, 3.05) is 26.2 Å². The third-order valence-electron chi connectivity index (χ3n) is 3.87.